The molecule has 20 heavy (non-hydrogen) atoms. The SMILES string of the molecule is CSc1ccccc1OCc1cc(F)cc(B(O)O)c1. The van der Waals surface area contributed by atoms with Crippen LogP contribution in [0.25, 0.3) is 0 Å². The van der Waals surface area contributed by atoms with Gasteiger partial charge in [-0.25, -0.2) is 4.39 Å². The summed E-state index contributed by atoms with van der Waals surface area (Å²) in [6, 6.07) is 11.5. The van der Waals surface area contributed by atoms with E-state index in [1.807, 2.05) is 30.5 Å². The Morgan fingerprint density at radius 1 is 1.20 bits per heavy atom. The van der Waals surface area contributed by atoms with Crippen molar-refractivity contribution in [3.8, 4) is 5.75 Å². The van der Waals surface area contributed by atoms with Gasteiger partial charge in [0.05, 0.1) is 0 Å². The van der Waals surface area contributed by atoms with Gasteiger partial charge in [0.2, 0.25) is 0 Å². The highest BCUT2D eigenvalue weighted by atomic mass is 32.2. The number of hydrogen-bond donors (Lipinski definition) is 2. The standard InChI is InChI=1S/C14H14BFO3S/c1-20-14-5-3-2-4-13(14)19-9-10-6-11(15(17)18)8-12(16)7-10/h2-8,17-18H,9H2,1H3. The third kappa shape index (κ3) is 3.76. The smallest absolute Gasteiger partial charge is 0.488 e. The summed E-state index contributed by atoms with van der Waals surface area (Å²) >= 11 is 1.56. The molecule has 0 bridgehead atoms. The molecule has 0 saturated carbocycles. The first-order valence-corrected chi connectivity index (χ1v) is 7.24. The maximum Gasteiger partial charge on any atom is 0.488 e. The van der Waals surface area contributed by atoms with E-state index in [1.54, 1.807) is 11.8 Å². The monoisotopic (exact) mass is 292 g/mol. The van der Waals surface area contributed by atoms with Crippen molar-refractivity contribution >= 4 is 24.3 Å². The minimum Gasteiger partial charge on any atom is -0.488 e. The Kier molecular flexibility index (Phi) is 5.06. The van der Waals surface area contributed by atoms with Crippen molar-refractivity contribution < 1.29 is 19.2 Å². The van der Waals surface area contributed by atoms with Crippen LogP contribution in [0.5, 0.6) is 5.75 Å². The van der Waals surface area contributed by atoms with Crippen LogP contribution in [-0.4, -0.2) is 23.4 Å². The Hall–Kier alpha value is -1.50. The van der Waals surface area contributed by atoms with Gasteiger partial charge >= 0.3 is 7.12 Å². The Morgan fingerprint density at radius 2 is 1.95 bits per heavy atom. The summed E-state index contributed by atoms with van der Waals surface area (Å²) < 4.78 is 19.0. The van der Waals surface area contributed by atoms with Gasteiger partial charge in [0.15, 0.2) is 0 Å². The number of para-hydroxylation sites is 1. The first-order chi connectivity index (χ1) is 9.60. The highest BCUT2D eigenvalue weighted by Crippen LogP contribution is 2.27. The molecule has 2 aromatic carbocycles. The second kappa shape index (κ2) is 6.79. The zero-order valence-electron chi connectivity index (χ0n) is 10.9. The second-order valence-corrected chi connectivity index (χ2v) is 5.05. The van der Waals surface area contributed by atoms with Crippen molar-refractivity contribution in [2.45, 2.75) is 11.5 Å². The first kappa shape index (κ1) is 14.9. The Balaban J connectivity index is 2.14. The molecule has 2 rings (SSSR count). The maximum absolute atomic E-state index is 13.4. The average molecular weight is 292 g/mol. The normalized spacial score (nSPS) is 10.4. The van der Waals surface area contributed by atoms with Crippen molar-refractivity contribution in [3.63, 3.8) is 0 Å². The number of rotatable bonds is 5. The molecule has 2 N–H and O–H groups in total. The summed E-state index contributed by atoms with van der Waals surface area (Å²) in [6.45, 7) is 0.162. The number of ether oxygens (including phenoxy) is 1. The summed E-state index contributed by atoms with van der Waals surface area (Å²) in [5.41, 5.74) is 0.658. The van der Waals surface area contributed by atoms with Gasteiger partial charge in [0, 0.05) is 4.90 Å². The van der Waals surface area contributed by atoms with E-state index in [2.05, 4.69) is 0 Å². The zero-order chi connectivity index (χ0) is 14.5. The van der Waals surface area contributed by atoms with Gasteiger partial charge in [-0.2, -0.15) is 0 Å². The predicted octanol–water partition coefficient (Wildman–Crippen LogP) is 1.81. The molecular weight excluding hydrogens is 278 g/mol. The van der Waals surface area contributed by atoms with Crippen LogP contribution < -0.4 is 10.2 Å². The lowest BCUT2D eigenvalue weighted by molar-refractivity contribution is 0.298. The molecule has 0 radical (unpaired) electrons. The van der Waals surface area contributed by atoms with Gasteiger partial charge in [-0.15, -0.1) is 11.8 Å². The fraction of sp³-hybridized carbons (Fsp3) is 0.143. The van der Waals surface area contributed by atoms with Crippen molar-refractivity contribution in [1.82, 2.24) is 0 Å². The van der Waals surface area contributed by atoms with Crippen LogP contribution in [0.2, 0.25) is 0 Å². The number of halogens is 1. The van der Waals surface area contributed by atoms with Crippen LogP contribution in [0.1, 0.15) is 5.56 Å². The fourth-order valence-corrected chi connectivity index (χ4v) is 2.35. The predicted molar refractivity (Wildman–Crippen MR) is 78.8 cm³/mol. The lowest BCUT2D eigenvalue weighted by Crippen LogP contribution is -2.30. The molecule has 0 saturated heterocycles. The molecule has 0 aliphatic heterocycles. The van der Waals surface area contributed by atoms with Gasteiger partial charge in [-0.1, -0.05) is 18.2 Å². The molecular formula is C14H14BFO3S. The van der Waals surface area contributed by atoms with Crippen LogP contribution in [0.3, 0.4) is 0 Å². The van der Waals surface area contributed by atoms with Crippen LogP contribution >= 0.6 is 11.8 Å². The van der Waals surface area contributed by atoms with E-state index in [-0.39, 0.29) is 12.1 Å². The molecule has 2 aromatic rings. The molecule has 0 heterocycles. The molecule has 0 atom stereocenters. The lowest BCUT2D eigenvalue weighted by Gasteiger charge is -2.11. The molecule has 0 aromatic heterocycles. The van der Waals surface area contributed by atoms with Crippen LogP contribution in [0.15, 0.2) is 47.4 Å². The number of hydrogen-bond acceptors (Lipinski definition) is 4. The topological polar surface area (TPSA) is 49.7 Å². The molecule has 0 spiro atoms. The van der Waals surface area contributed by atoms with Crippen molar-refractivity contribution in [3.05, 3.63) is 53.8 Å². The molecule has 0 aliphatic carbocycles. The van der Waals surface area contributed by atoms with Gasteiger partial charge in [0.1, 0.15) is 18.2 Å². The zero-order valence-corrected chi connectivity index (χ0v) is 11.7. The second-order valence-electron chi connectivity index (χ2n) is 4.21. The summed E-state index contributed by atoms with van der Waals surface area (Å²) in [7, 11) is -1.69. The average Bonchev–Trinajstić information content (AvgIpc) is 2.44. The minimum atomic E-state index is -1.69. The van der Waals surface area contributed by atoms with Gasteiger partial charge in [-0.3, -0.25) is 0 Å². The Morgan fingerprint density at radius 3 is 2.65 bits per heavy atom. The lowest BCUT2D eigenvalue weighted by atomic mass is 9.79. The van der Waals surface area contributed by atoms with E-state index in [9.17, 15) is 4.39 Å². The molecule has 104 valence electrons. The molecule has 3 nitrogen and oxygen atoms in total. The van der Waals surface area contributed by atoms with Crippen molar-refractivity contribution in [2.75, 3.05) is 6.26 Å². The van der Waals surface area contributed by atoms with E-state index in [1.165, 1.54) is 12.1 Å². The van der Waals surface area contributed by atoms with Crippen molar-refractivity contribution in [2.24, 2.45) is 0 Å². The van der Waals surface area contributed by atoms with Gasteiger partial charge in [-0.05, 0) is 41.5 Å². The summed E-state index contributed by atoms with van der Waals surface area (Å²) in [4.78, 5) is 0.992. The van der Waals surface area contributed by atoms with Crippen LogP contribution in [0, 0.1) is 5.82 Å². The molecule has 0 unspecified atom stereocenters. The fourth-order valence-electron chi connectivity index (χ4n) is 1.81. The summed E-state index contributed by atoms with van der Waals surface area (Å²) in [5.74, 6) is 0.197. The van der Waals surface area contributed by atoms with E-state index in [0.29, 0.717) is 5.56 Å². The van der Waals surface area contributed by atoms with Gasteiger partial charge < -0.3 is 14.8 Å². The van der Waals surface area contributed by atoms with Crippen molar-refractivity contribution in [1.29, 1.82) is 0 Å². The number of benzene rings is 2. The summed E-state index contributed by atoms with van der Waals surface area (Å²) in [6.07, 6.45) is 1.95. The first-order valence-electron chi connectivity index (χ1n) is 6.01. The highest BCUT2D eigenvalue weighted by molar-refractivity contribution is 7.98. The highest BCUT2D eigenvalue weighted by Gasteiger charge is 2.13. The summed E-state index contributed by atoms with van der Waals surface area (Å²) in [5, 5.41) is 18.2. The molecule has 0 fully saturated rings. The third-order valence-electron chi connectivity index (χ3n) is 2.74. The van der Waals surface area contributed by atoms with E-state index >= 15 is 0 Å². The molecule has 0 aliphatic rings. The largest absolute Gasteiger partial charge is 0.488 e. The van der Waals surface area contributed by atoms with Crippen LogP contribution in [-0.2, 0) is 6.61 Å². The number of thioether (sulfide) groups is 1. The molecule has 0 amide bonds. The van der Waals surface area contributed by atoms with Gasteiger partial charge in [0.25, 0.3) is 0 Å². The van der Waals surface area contributed by atoms with Crippen LogP contribution in [0.4, 0.5) is 4.39 Å². The minimum absolute atomic E-state index is 0.113. The third-order valence-corrected chi connectivity index (χ3v) is 3.52. The quantitative estimate of drug-likeness (QED) is 0.652. The van der Waals surface area contributed by atoms with E-state index in [4.69, 9.17) is 14.8 Å². The Labute approximate surface area is 121 Å². The molecule has 6 heteroatoms. The van der Waals surface area contributed by atoms with E-state index < -0.39 is 12.9 Å². The maximum atomic E-state index is 13.4. The Bertz CT molecular complexity index is 592. The van der Waals surface area contributed by atoms with E-state index in [0.717, 1.165) is 16.7 Å².